The van der Waals surface area contributed by atoms with Gasteiger partial charge in [0.25, 0.3) is 0 Å². The van der Waals surface area contributed by atoms with Gasteiger partial charge in [-0.3, -0.25) is 11.3 Å². The third-order valence-corrected chi connectivity index (χ3v) is 3.15. The van der Waals surface area contributed by atoms with Gasteiger partial charge in [-0.25, -0.2) is 8.78 Å². The van der Waals surface area contributed by atoms with Gasteiger partial charge in [0, 0.05) is 12.5 Å². The van der Waals surface area contributed by atoms with E-state index in [-0.39, 0.29) is 12.0 Å². The second-order valence-corrected chi connectivity index (χ2v) is 4.30. The van der Waals surface area contributed by atoms with Gasteiger partial charge < -0.3 is 4.74 Å². The van der Waals surface area contributed by atoms with Crippen LogP contribution in [0.4, 0.5) is 8.78 Å². The van der Waals surface area contributed by atoms with Crippen molar-refractivity contribution in [2.45, 2.75) is 18.9 Å². The van der Waals surface area contributed by atoms with Crippen LogP contribution in [-0.4, -0.2) is 13.2 Å². The largest absolute Gasteiger partial charge is 0.381 e. The number of hydrogen-bond acceptors (Lipinski definition) is 3. The fourth-order valence-electron chi connectivity index (χ4n) is 2.24. The van der Waals surface area contributed by atoms with Gasteiger partial charge in [0.05, 0.1) is 12.6 Å². The van der Waals surface area contributed by atoms with E-state index in [1.807, 2.05) is 0 Å². The molecule has 17 heavy (non-hydrogen) atoms. The molecule has 0 saturated carbocycles. The number of rotatable bonds is 3. The Morgan fingerprint density at radius 2 is 2.18 bits per heavy atom. The summed E-state index contributed by atoms with van der Waals surface area (Å²) in [5.74, 6) is 4.00. The predicted molar refractivity (Wildman–Crippen MR) is 60.0 cm³/mol. The van der Waals surface area contributed by atoms with Crippen LogP contribution >= 0.6 is 0 Å². The van der Waals surface area contributed by atoms with Gasteiger partial charge in [-0.2, -0.15) is 0 Å². The van der Waals surface area contributed by atoms with Crippen molar-refractivity contribution in [3.8, 4) is 0 Å². The summed E-state index contributed by atoms with van der Waals surface area (Å²) in [4.78, 5) is 0. The van der Waals surface area contributed by atoms with Crippen molar-refractivity contribution < 1.29 is 13.5 Å². The minimum absolute atomic E-state index is 0.193. The molecule has 1 aromatic rings. The first-order valence-corrected chi connectivity index (χ1v) is 5.71. The molecule has 5 heteroatoms. The number of nitrogens with two attached hydrogens (primary N) is 1. The molecule has 94 valence electrons. The van der Waals surface area contributed by atoms with Crippen LogP contribution in [0.15, 0.2) is 18.2 Å². The van der Waals surface area contributed by atoms with Crippen molar-refractivity contribution in [3.05, 3.63) is 35.4 Å². The van der Waals surface area contributed by atoms with Crippen LogP contribution < -0.4 is 11.3 Å². The fourth-order valence-corrected chi connectivity index (χ4v) is 2.24. The first kappa shape index (κ1) is 12.4. The Hall–Kier alpha value is -1.04. The molecule has 3 nitrogen and oxygen atoms in total. The zero-order chi connectivity index (χ0) is 12.3. The van der Waals surface area contributed by atoms with E-state index in [0.717, 1.165) is 25.5 Å². The highest BCUT2D eigenvalue weighted by atomic mass is 19.2. The summed E-state index contributed by atoms with van der Waals surface area (Å²) in [6, 6.07) is 3.66. The van der Waals surface area contributed by atoms with E-state index >= 15 is 0 Å². The lowest BCUT2D eigenvalue weighted by Crippen LogP contribution is -2.37. The van der Waals surface area contributed by atoms with Gasteiger partial charge in [0.2, 0.25) is 0 Å². The lowest BCUT2D eigenvalue weighted by molar-refractivity contribution is 0.0389. The van der Waals surface area contributed by atoms with Crippen LogP contribution in [0.5, 0.6) is 0 Å². The highest BCUT2D eigenvalue weighted by molar-refractivity contribution is 5.22. The molecule has 3 N–H and O–H groups in total. The topological polar surface area (TPSA) is 47.3 Å². The van der Waals surface area contributed by atoms with Crippen molar-refractivity contribution >= 4 is 0 Å². The summed E-state index contributed by atoms with van der Waals surface area (Å²) in [6.07, 6.45) is 1.93. The van der Waals surface area contributed by atoms with Gasteiger partial charge >= 0.3 is 0 Å². The summed E-state index contributed by atoms with van der Waals surface area (Å²) in [5, 5.41) is 0. The zero-order valence-electron chi connectivity index (χ0n) is 9.46. The molecule has 1 saturated heterocycles. The van der Waals surface area contributed by atoms with E-state index in [4.69, 9.17) is 10.6 Å². The second-order valence-electron chi connectivity index (χ2n) is 4.30. The van der Waals surface area contributed by atoms with Gasteiger partial charge in [-0.05, 0) is 30.5 Å². The molecule has 0 bridgehead atoms. The maximum Gasteiger partial charge on any atom is 0.159 e. The van der Waals surface area contributed by atoms with Crippen molar-refractivity contribution in [1.82, 2.24) is 5.43 Å². The quantitative estimate of drug-likeness (QED) is 0.628. The zero-order valence-corrected chi connectivity index (χ0v) is 9.46. The van der Waals surface area contributed by atoms with Crippen LogP contribution in [0, 0.1) is 17.6 Å². The molecule has 1 aliphatic heterocycles. The maximum absolute atomic E-state index is 13.2. The molecule has 1 fully saturated rings. The van der Waals surface area contributed by atoms with Gasteiger partial charge in [0.1, 0.15) is 0 Å². The van der Waals surface area contributed by atoms with Crippen molar-refractivity contribution in [1.29, 1.82) is 0 Å². The normalized spacial score (nSPS) is 22.4. The van der Waals surface area contributed by atoms with E-state index in [2.05, 4.69) is 5.43 Å². The lowest BCUT2D eigenvalue weighted by atomic mass is 9.89. The first-order chi connectivity index (χ1) is 8.22. The first-order valence-electron chi connectivity index (χ1n) is 5.71. The van der Waals surface area contributed by atoms with E-state index < -0.39 is 11.6 Å². The number of halogens is 2. The summed E-state index contributed by atoms with van der Waals surface area (Å²) in [5.41, 5.74) is 3.32. The molecular formula is C12H16F2N2O. The van der Waals surface area contributed by atoms with Crippen LogP contribution in [0.3, 0.4) is 0 Å². The maximum atomic E-state index is 13.2. The van der Waals surface area contributed by atoms with Crippen molar-refractivity contribution in [3.63, 3.8) is 0 Å². The van der Waals surface area contributed by atoms with Gasteiger partial charge in [-0.1, -0.05) is 6.07 Å². The molecule has 1 aliphatic rings. The summed E-state index contributed by atoms with van der Waals surface area (Å²) >= 11 is 0. The van der Waals surface area contributed by atoms with Gasteiger partial charge in [-0.15, -0.1) is 0 Å². The Morgan fingerprint density at radius 3 is 2.76 bits per heavy atom. The Morgan fingerprint density at radius 1 is 1.35 bits per heavy atom. The average molecular weight is 242 g/mol. The molecule has 1 aromatic carbocycles. The van der Waals surface area contributed by atoms with Crippen molar-refractivity contribution in [2.75, 3.05) is 13.2 Å². The standard InChI is InChI=1S/C12H16F2N2O/c13-10-4-3-8(6-11(10)14)12(16-15)9-2-1-5-17-7-9/h3-4,6,9,12,16H,1-2,5,7,15H2. The molecule has 0 spiro atoms. The third kappa shape index (κ3) is 2.80. The minimum atomic E-state index is -0.848. The third-order valence-electron chi connectivity index (χ3n) is 3.15. The lowest BCUT2D eigenvalue weighted by Gasteiger charge is -2.30. The fraction of sp³-hybridized carbons (Fsp3) is 0.500. The number of ether oxygens (including phenoxy) is 1. The molecule has 0 radical (unpaired) electrons. The minimum Gasteiger partial charge on any atom is -0.381 e. The second kappa shape index (κ2) is 5.53. The van der Waals surface area contributed by atoms with E-state index in [9.17, 15) is 8.78 Å². The molecule has 1 heterocycles. The number of hydrogen-bond donors (Lipinski definition) is 2. The van der Waals surface area contributed by atoms with E-state index in [1.54, 1.807) is 6.07 Å². The summed E-state index contributed by atoms with van der Waals surface area (Å²) < 4.78 is 31.4. The molecule has 0 aromatic heterocycles. The monoisotopic (exact) mass is 242 g/mol. The SMILES string of the molecule is NNC(c1ccc(F)c(F)c1)C1CCCOC1. The Labute approximate surface area is 98.9 Å². The van der Waals surface area contributed by atoms with Crippen LogP contribution in [0.1, 0.15) is 24.4 Å². The number of benzene rings is 1. The summed E-state index contributed by atoms with van der Waals surface area (Å²) in [6.45, 7) is 1.35. The smallest absolute Gasteiger partial charge is 0.159 e. The van der Waals surface area contributed by atoms with Crippen molar-refractivity contribution in [2.24, 2.45) is 11.8 Å². The Bertz CT molecular complexity index is 381. The molecule has 0 amide bonds. The molecule has 0 aliphatic carbocycles. The summed E-state index contributed by atoms with van der Waals surface area (Å²) in [7, 11) is 0. The van der Waals surface area contributed by atoms with E-state index in [0.29, 0.717) is 12.2 Å². The molecular weight excluding hydrogens is 226 g/mol. The number of nitrogens with one attached hydrogen (secondary N) is 1. The Balaban J connectivity index is 2.18. The van der Waals surface area contributed by atoms with Gasteiger partial charge in [0.15, 0.2) is 11.6 Å². The van der Waals surface area contributed by atoms with Crippen LogP contribution in [0.2, 0.25) is 0 Å². The Kier molecular flexibility index (Phi) is 4.04. The highest BCUT2D eigenvalue weighted by Crippen LogP contribution is 2.28. The van der Waals surface area contributed by atoms with E-state index in [1.165, 1.54) is 6.07 Å². The number of hydrazine groups is 1. The predicted octanol–water partition coefficient (Wildman–Crippen LogP) is 1.90. The molecule has 2 atom stereocenters. The molecule has 2 rings (SSSR count). The average Bonchev–Trinajstić information content (AvgIpc) is 2.36. The van der Waals surface area contributed by atoms with Crippen LogP contribution in [-0.2, 0) is 4.74 Å². The van der Waals surface area contributed by atoms with Crippen LogP contribution in [0.25, 0.3) is 0 Å². The highest BCUT2D eigenvalue weighted by Gasteiger charge is 2.25. The molecule has 2 unspecified atom stereocenters.